The molecule has 4 rings (SSSR count). The molecule has 2 aliphatic heterocycles. The number of amidine groups is 1. The number of hydrogen-bond acceptors (Lipinski definition) is 6. The molecule has 3 heterocycles. The van der Waals surface area contributed by atoms with E-state index < -0.39 is 10.0 Å². The third kappa shape index (κ3) is 3.90. The van der Waals surface area contributed by atoms with Crippen LogP contribution in [0.15, 0.2) is 58.0 Å². The molecule has 1 aromatic heterocycles. The lowest BCUT2D eigenvalue weighted by atomic mass is 10.1. The molecular weight excluding hydrogens is 396 g/mol. The number of benzene rings is 1. The average molecular weight is 415 g/mol. The Hall–Kier alpha value is -2.78. The van der Waals surface area contributed by atoms with Crippen molar-refractivity contribution in [1.29, 1.82) is 0 Å². The maximum Gasteiger partial charge on any atom is 0.258 e. The summed E-state index contributed by atoms with van der Waals surface area (Å²) >= 11 is 1.36. The number of anilines is 1. The third-order valence-corrected chi connectivity index (χ3v) is 6.39. The Morgan fingerprint density at radius 2 is 2.04 bits per heavy atom. The summed E-state index contributed by atoms with van der Waals surface area (Å²) in [4.78, 5) is 18.7. The highest BCUT2D eigenvalue weighted by Gasteiger charge is 2.25. The highest BCUT2D eigenvalue weighted by Crippen LogP contribution is 2.26. The molecule has 0 bridgehead atoms. The Morgan fingerprint density at radius 3 is 2.79 bits per heavy atom. The smallest absolute Gasteiger partial charge is 0.258 e. The predicted octanol–water partition coefficient (Wildman–Crippen LogP) is 2.81. The lowest BCUT2D eigenvalue weighted by molar-refractivity contribution is -0.112. The number of fused-ring (bicyclic) bond motifs is 1. The molecule has 0 radical (unpaired) electrons. The summed E-state index contributed by atoms with van der Waals surface area (Å²) in [7, 11) is -3.41. The fourth-order valence-electron chi connectivity index (χ4n) is 2.88. The number of sulfonamides is 1. The highest BCUT2D eigenvalue weighted by molar-refractivity contribution is 7.90. The van der Waals surface area contributed by atoms with Gasteiger partial charge in [-0.1, -0.05) is 31.2 Å². The summed E-state index contributed by atoms with van der Waals surface area (Å²) in [6.07, 6.45) is 5.69. The molecule has 0 fully saturated rings. The number of nitrogens with zero attached hydrogens (tertiary/aromatic N) is 3. The van der Waals surface area contributed by atoms with E-state index in [1.54, 1.807) is 17.2 Å². The molecule has 1 aromatic carbocycles. The molecule has 2 aliphatic rings. The van der Waals surface area contributed by atoms with Gasteiger partial charge < -0.3 is 4.90 Å². The molecule has 9 heteroatoms. The molecule has 0 atom stereocenters. The number of carbonyl (C=O) groups excluding carboxylic acids is 1. The second-order valence-corrected chi connectivity index (χ2v) is 9.00. The second kappa shape index (κ2) is 7.33. The molecule has 7 nitrogen and oxygen atoms in total. The first-order valence-corrected chi connectivity index (χ1v) is 11.3. The highest BCUT2D eigenvalue weighted by atomic mass is 32.2. The Bertz CT molecular complexity index is 1110. The van der Waals surface area contributed by atoms with Gasteiger partial charge in [-0.25, -0.2) is 13.4 Å². The van der Waals surface area contributed by atoms with Gasteiger partial charge in [0.2, 0.25) is 0 Å². The summed E-state index contributed by atoms with van der Waals surface area (Å²) in [6, 6.07) is 8.19. The number of hydrogen-bond donors (Lipinski definition) is 1. The molecule has 1 N–H and O–H groups in total. The minimum atomic E-state index is -3.41. The quantitative estimate of drug-likeness (QED) is 0.831. The van der Waals surface area contributed by atoms with E-state index in [0.717, 1.165) is 17.7 Å². The number of thiazole rings is 1. The summed E-state index contributed by atoms with van der Waals surface area (Å²) in [5, 5.41) is 5.21. The van der Waals surface area contributed by atoms with E-state index >= 15 is 0 Å². The lowest BCUT2D eigenvalue weighted by Gasteiger charge is -2.26. The molecule has 2 aromatic rings. The third-order valence-electron chi connectivity index (χ3n) is 4.47. The lowest BCUT2D eigenvalue weighted by Crippen LogP contribution is -2.37. The number of nitrogens with one attached hydrogen (secondary N) is 1. The van der Waals surface area contributed by atoms with Crippen LogP contribution >= 0.6 is 11.3 Å². The van der Waals surface area contributed by atoms with E-state index in [2.05, 4.69) is 33.8 Å². The maximum atomic E-state index is 12.5. The second-order valence-electron chi connectivity index (χ2n) is 6.39. The minimum absolute atomic E-state index is 0.0671. The molecule has 0 spiro atoms. The molecule has 0 saturated carbocycles. The normalized spacial score (nSPS) is 17.5. The van der Waals surface area contributed by atoms with Crippen molar-refractivity contribution in [2.24, 2.45) is 4.40 Å². The molecule has 0 saturated heterocycles. The fourth-order valence-corrected chi connectivity index (χ4v) is 4.56. The first-order valence-electron chi connectivity index (χ1n) is 8.79. The summed E-state index contributed by atoms with van der Waals surface area (Å²) in [5.74, 6) is -0.0385. The van der Waals surface area contributed by atoms with Gasteiger partial charge in [0.05, 0.1) is 17.0 Å². The van der Waals surface area contributed by atoms with Crippen LogP contribution in [0.4, 0.5) is 5.13 Å². The van der Waals surface area contributed by atoms with E-state index in [0.29, 0.717) is 16.5 Å². The maximum absolute atomic E-state index is 12.5. The number of aryl methyl sites for hydroxylation is 1. The van der Waals surface area contributed by atoms with Crippen molar-refractivity contribution in [3.63, 3.8) is 0 Å². The molecule has 144 valence electrons. The van der Waals surface area contributed by atoms with Gasteiger partial charge in [-0.3, -0.25) is 10.1 Å². The predicted molar refractivity (Wildman–Crippen MR) is 111 cm³/mol. The van der Waals surface area contributed by atoms with Gasteiger partial charge in [0.15, 0.2) is 5.13 Å². The summed E-state index contributed by atoms with van der Waals surface area (Å²) in [5.41, 5.74) is 3.49. The van der Waals surface area contributed by atoms with Gasteiger partial charge in [-0.05, 0) is 24.1 Å². The molecular formula is C19H18N4O3S2. The van der Waals surface area contributed by atoms with Crippen LogP contribution in [0.25, 0.3) is 11.3 Å². The van der Waals surface area contributed by atoms with Crippen LogP contribution < -0.4 is 5.32 Å². The van der Waals surface area contributed by atoms with Crippen molar-refractivity contribution < 1.29 is 13.2 Å². The van der Waals surface area contributed by atoms with Gasteiger partial charge >= 0.3 is 0 Å². The van der Waals surface area contributed by atoms with E-state index in [1.165, 1.54) is 23.0 Å². The SMILES string of the molecule is CCc1ccc(-c2csc(NC(=O)C3=CN4CCS(=O)(=O)N=C4C=C3)n2)cc1. The van der Waals surface area contributed by atoms with Crippen molar-refractivity contribution in [2.75, 3.05) is 17.6 Å². The van der Waals surface area contributed by atoms with Gasteiger partial charge in [-0.2, -0.15) is 0 Å². The monoisotopic (exact) mass is 414 g/mol. The van der Waals surface area contributed by atoms with Crippen molar-refractivity contribution in [2.45, 2.75) is 13.3 Å². The topological polar surface area (TPSA) is 91.7 Å². The first-order chi connectivity index (χ1) is 13.4. The zero-order valence-corrected chi connectivity index (χ0v) is 16.8. The van der Waals surface area contributed by atoms with Crippen LogP contribution in [0.1, 0.15) is 12.5 Å². The van der Waals surface area contributed by atoms with Crippen LogP contribution in [0, 0.1) is 0 Å². The van der Waals surface area contributed by atoms with E-state index in [9.17, 15) is 13.2 Å². The van der Waals surface area contributed by atoms with Gasteiger partial charge in [0, 0.05) is 23.7 Å². The van der Waals surface area contributed by atoms with Crippen LogP contribution in [0.3, 0.4) is 0 Å². The standard InChI is InChI=1S/C19H18N4O3S2/c1-2-13-3-5-14(6-4-13)16-12-27-19(20-16)21-18(24)15-7-8-17-22-28(25,26)10-9-23(17)11-15/h3-8,11-12H,2,9-10H2,1H3,(H,20,21,24). The van der Waals surface area contributed by atoms with Crippen LogP contribution in [0.5, 0.6) is 0 Å². The van der Waals surface area contributed by atoms with Crippen molar-refractivity contribution in [3.8, 4) is 11.3 Å². The molecule has 0 aliphatic carbocycles. The van der Waals surface area contributed by atoms with E-state index in [-0.39, 0.29) is 18.2 Å². The Kier molecular flexibility index (Phi) is 4.86. The van der Waals surface area contributed by atoms with Crippen LogP contribution in [0.2, 0.25) is 0 Å². The average Bonchev–Trinajstić information content (AvgIpc) is 3.15. The minimum Gasteiger partial charge on any atom is -0.330 e. The van der Waals surface area contributed by atoms with Crippen molar-refractivity contribution >= 4 is 38.2 Å². The summed E-state index contributed by atoms with van der Waals surface area (Å²) < 4.78 is 26.8. The number of aromatic nitrogens is 1. The molecule has 28 heavy (non-hydrogen) atoms. The molecule has 0 unspecified atom stereocenters. The Morgan fingerprint density at radius 1 is 1.25 bits per heavy atom. The Balaban J connectivity index is 1.47. The van der Waals surface area contributed by atoms with Gasteiger partial charge in [0.1, 0.15) is 5.84 Å². The zero-order chi connectivity index (χ0) is 19.7. The van der Waals surface area contributed by atoms with Crippen molar-refractivity contribution in [1.82, 2.24) is 9.88 Å². The van der Waals surface area contributed by atoms with Crippen LogP contribution in [-0.4, -0.2) is 42.3 Å². The zero-order valence-electron chi connectivity index (χ0n) is 15.1. The summed E-state index contributed by atoms with van der Waals surface area (Å²) in [6.45, 7) is 2.38. The number of rotatable bonds is 4. The Labute approximate surface area is 167 Å². The first kappa shape index (κ1) is 18.6. The van der Waals surface area contributed by atoms with Gasteiger partial charge in [-0.15, -0.1) is 15.7 Å². The van der Waals surface area contributed by atoms with Crippen LogP contribution in [-0.2, 0) is 21.2 Å². The fraction of sp³-hybridized carbons (Fsp3) is 0.211. The van der Waals surface area contributed by atoms with E-state index in [4.69, 9.17) is 0 Å². The number of amides is 1. The van der Waals surface area contributed by atoms with E-state index in [1.807, 2.05) is 17.5 Å². The largest absolute Gasteiger partial charge is 0.330 e. The molecule has 1 amide bonds. The van der Waals surface area contributed by atoms with Crippen molar-refractivity contribution in [3.05, 3.63) is 59.1 Å². The number of carbonyl (C=O) groups is 1. The van der Waals surface area contributed by atoms with Gasteiger partial charge in [0.25, 0.3) is 15.9 Å².